The van der Waals surface area contributed by atoms with E-state index in [1.165, 1.54) is 6.33 Å². The van der Waals surface area contributed by atoms with E-state index >= 15 is 0 Å². The first kappa shape index (κ1) is 9.92. The summed E-state index contributed by atoms with van der Waals surface area (Å²) in [6.45, 7) is 0. The van der Waals surface area contributed by atoms with Crippen molar-refractivity contribution in [3.63, 3.8) is 0 Å². The number of nitrogens with zero attached hydrogens (tertiary/aromatic N) is 2. The third kappa shape index (κ3) is 1.92. The van der Waals surface area contributed by atoms with Gasteiger partial charge in [0.25, 0.3) is 5.56 Å². The number of aromatic nitrogens is 4. The summed E-state index contributed by atoms with van der Waals surface area (Å²) in [5.74, 6) is 0.553. The Balaban J connectivity index is 2.48. The summed E-state index contributed by atoms with van der Waals surface area (Å²) >= 11 is 5.53. The normalized spacial score (nSPS) is 11.5. The van der Waals surface area contributed by atoms with E-state index < -0.39 is 0 Å². The van der Waals surface area contributed by atoms with Gasteiger partial charge in [0, 0.05) is 5.88 Å². The van der Waals surface area contributed by atoms with Crippen molar-refractivity contribution in [2.45, 2.75) is 6.42 Å². The van der Waals surface area contributed by atoms with Gasteiger partial charge < -0.3 is 4.98 Å². The van der Waals surface area contributed by atoms with Crippen LogP contribution in [0.5, 0.6) is 0 Å². The summed E-state index contributed by atoms with van der Waals surface area (Å²) in [6, 6.07) is 0. The Hall–Kier alpha value is -1.62. The highest BCUT2D eigenvalue weighted by Crippen LogP contribution is 2.09. The van der Waals surface area contributed by atoms with E-state index in [0.717, 1.165) is 6.42 Å². The highest BCUT2D eigenvalue weighted by Gasteiger charge is 2.06. The number of rotatable bonds is 3. The van der Waals surface area contributed by atoms with Crippen LogP contribution in [0.25, 0.3) is 17.1 Å². The zero-order chi connectivity index (χ0) is 10.7. The lowest BCUT2D eigenvalue weighted by Crippen LogP contribution is -2.05. The standard InChI is InChI=1S/C9H9ClN4O/c10-4-2-1-3-6-7-8(14-13-6)11-5-12-9(7)15/h1,3,5H,2,4H2,(H2,11,12,13,14,15). The molecule has 0 fully saturated rings. The molecule has 0 saturated carbocycles. The number of nitrogens with one attached hydrogen (secondary N) is 2. The second-order valence-corrected chi connectivity index (χ2v) is 3.33. The predicted octanol–water partition coefficient (Wildman–Crippen LogP) is 1.29. The van der Waals surface area contributed by atoms with Crippen molar-refractivity contribution in [3.8, 4) is 0 Å². The molecule has 0 unspecified atom stereocenters. The minimum Gasteiger partial charge on any atom is -0.312 e. The monoisotopic (exact) mass is 224 g/mol. The molecule has 0 aromatic carbocycles. The quantitative estimate of drug-likeness (QED) is 0.772. The fraction of sp³-hybridized carbons (Fsp3) is 0.222. The molecule has 0 radical (unpaired) electrons. The molecule has 5 nitrogen and oxygen atoms in total. The second-order valence-electron chi connectivity index (χ2n) is 2.95. The Morgan fingerprint density at radius 3 is 3.20 bits per heavy atom. The lowest BCUT2D eigenvalue weighted by Gasteiger charge is -1.88. The van der Waals surface area contributed by atoms with Crippen LogP contribution in [0.15, 0.2) is 17.2 Å². The van der Waals surface area contributed by atoms with E-state index in [0.29, 0.717) is 22.6 Å². The Morgan fingerprint density at radius 1 is 1.53 bits per heavy atom. The van der Waals surface area contributed by atoms with Crippen LogP contribution >= 0.6 is 11.6 Å². The van der Waals surface area contributed by atoms with E-state index in [-0.39, 0.29) is 5.56 Å². The first-order valence-electron chi connectivity index (χ1n) is 4.47. The lowest BCUT2D eigenvalue weighted by molar-refractivity contribution is 1.08. The van der Waals surface area contributed by atoms with Crippen LogP contribution in [0.3, 0.4) is 0 Å². The summed E-state index contributed by atoms with van der Waals surface area (Å²) in [7, 11) is 0. The average Bonchev–Trinajstić information content (AvgIpc) is 2.63. The molecular weight excluding hydrogens is 216 g/mol. The molecule has 0 spiro atoms. The highest BCUT2D eigenvalue weighted by molar-refractivity contribution is 6.17. The van der Waals surface area contributed by atoms with Crippen LogP contribution in [0, 0.1) is 0 Å². The molecule has 2 N–H and O–H groups in total. The molecule has 0 saturated heterocycles. The van der Waals surface area contributed by atoms with Crippen molar-refractivity contribution in [3.05, 3.63) is 28.5 Å². The van der Waals surface area contributed by atoms with Crippen molar-refractivity contribution < 1.29 is 0 Å². The van der Waals surface area contributed by atoms with E-state index in [2.05, 4.69) is 20.2 Å². The van der Waals surface area contributed by atoms with Gasteiger partial charge in [-0.2, -0.15) is 5.10 Å². The van der Waals surface area contributed by atoms with Gasteiger partial charge in [0.2, 0.25) is 0 Å². The first-order chi connectivity index (χ1) is 7.33. The Labute approximate surface area is 90.2 Å². The summed E-state index contributed by atoms with van der Waals surface area (Å²) in [5.41, 5.74) is 0.882. The van der Waals surface area contributed by atoms with Crippen LogP contribution in [0.2, 0.25) is 0 Å². The Bertz CT molecular complexity index is 542. The number of hydrogen-bond acceptors (Lipinski definition) is 3. The zero-order valence-corrected chi connectivity index (χ0v) is 8.58. The van der Waals surface area contributed by atoms with Crippen LogP contribution in [0.4, 0.5) is 0 Å². The van der Waals surface area contributed by atoms with Gasteiger partial charge in [-0.25, -0.2) is 4.98 Å². The van der Waals surface area contributed by atoms with Crippen molar-refractivity contribution in [2.24, 2.45) is 0 Å². The molecule has 0 bridgehead atoms. The molecule has 2 aromatic heterocycles. The van der Waals surface area contributed by atoms with E-state index in [4.69, 9.17) is 11.6 Å². The summed E-state index contributed by atoms with van der Waals surface area (Å²) < 4.78 is 0. The lowest BCUT2D eigenvalue weighted by atomic mass is 10.2. The van der Waals surface area contributed by atoms with E-state index in [1.54, 1.807) is 6.08 Å². The third-order valence-electron chi connectivity index (χ3n) is 1.95. The van der Waals surface area contributed by atoms with Gasteiger partial charge >= 0.3 is 0 Å². The summed E-state index contributed by atoms with van der Waals surface area (Å²) in [4.78, 5) is 17.9. The van der Waals surface area contributed by atoms with Gasteiger partial charge in [0.1, 0.15) is 5.39 Å². The smallest absolute Gasteiger partial charge is 0.262 e. The van der Waals surface area contributed by atoms with Gasteiger partial charge in [-0.1, -0.05) is 6.08 Å². The number of H-pyrrole nitrogens is 2. The van der Waals surface area contributed by atoms with Gasteiger partial charge in [-0.05, 0) is 12.5 Å². The largest absolute Gasteiger partial charge is 0.312 e. The molecule has 0 atom stereocenters. The molecular formula is C9H9ClN4O. The SMILES string of the molecule is O=c1[nH]cnc2n[nH]c(C=CCCCl)c12. The third-order valence-corrected chi connectivity index (χ3v) is 2.16. The molecule has 15 heavy (non-hydrogen) atoms. The number of halogens is 1. The molecule has 0 amide bonds. The van der Waals surface area contributed by atoms with Crippen molar-refractivity contribution in [2.75, 3.05) is 5.88 Å². The fourth-order valence-electron chi connectivity index (χ4n) is 1.27. The van der Waals surface area contributed by atoms with Crippen molar-refractivity contribution in [1.29, 1.82) is 0 Å². The second kappa shape index (κ2) is 4.27. The summed E-state index contributed by atoms with van der Waals surface area (Å²) in [5, 5.41) is 7.14. The van der Waals surface area contributed by atoms with Crippen LogP contribution in [-0.2, 0) is 0 Å². The highest BCUT2D eigenvalue weighted by atomic mass is 35.5. The minimum atomic E-state index is -0.195. The molecule has 2 heterocycles. The van der Waals surface area contributed by atoms with E-state index in [1.807, 2.05) is 6.08 Å². The average molecular weight is 225 g/mol. The molecule has 0 aliphatic rings. The Morgan fingerprint density at radius 2 is 2.40 bits per heavy atom. The van der Waals surface area contributed by atoms with Gasteiger partial charge in [0.05, 0.1) is 12.0 Å². The zero-order valence-electron chi connectivity index (χ0n) is 7.83. The van der Waals surface area contributed by atoms with Crippen LogP contribution in [-0.4, -0.2) is 26.0 Å². The van der Waals surface area contributed by atoms with Crippen LogP contribution < -0.4 is 5.56 Å². The number of hydrogen-bond donors (Lipinski definition) is 2. The van der Waals surface area contributed by atoms with Gasteiger partial charge in [0.15, 0.2) is 5.65 Å². The van der Waals surface area contributed by atoms with E-state index in [9.17, 15) is 4.79 Å². The fourth-order valence-corrected chi connectivity index (χ4v) is 1.40. The number of allylic oxidation sites excluding steroid dienone is 1. The topological polar surface area (TPSA) is 74.4 Å². The first-order valence-corrected chi connectivity index (χ1v) is 5.00. The maximum Gasteiger partial charge on any atom is 0.262 e. The van der Waals surface area contributed by atoms with Crippen molar-refractivity contribution in [1.82, 2.24) is 20.2 Å². The van der Waals surface area contributed by atoms with Gasteiger partial charge in [-0.3, -0.25) is 9.89 Å². The molecule has 78 valence electrons. The Kier molecular flexibility index (Phi) is 2.82. The minimum absolute atomic E-state index is 0.195. The summed E-state index contributed by atoms with van der Waals surface area (Å²) in [6.07, 6.45) is 5.75. The maximum absolute atomic E-state index is 11.5. The maximum atomic E-state index is 11.5. The van der Waals surface area contributed by atoms with Crippen LogP contribution in [0.1, 0.15) is 12.1 Å². The van der Waals surface area contributed by atoms with Crippen molar-refractivity contribution >= 4 is 28.7 Å². The predicted molar refractivity (Wildman–Crippen MR) is 58.9 cm³/mol. The molecule has 6 heteroatoms. The molecule has 2 rings (SSSR count). The molecule has 0 aliphatic carbocycles. The number of alkyl halides is 1. The molecule has 2 aromatic rings. The number of fused-ring (bicyclic) bond motifs is 1. The molecule has 0 aliphatic heterocycles. The number of aromatic amines is 2. The van der Waals surface area contributed by atoms with Gasteiger partial charge in [-0.15, -0.1) is 11.6 Å².